The van der Waals surface area contributed by atoms with Gasteiger partial charge in [0.05, 0.1) is 35.9 Å². The molecule has 4 amide bonds. The Morgan fingerprint density at radius 3 is 2.67 bits per heavy atom. The lowest BCUT2D eigenvalue weighted by molar-refractivity contribution is -0.130. The van der Waals surface area contributed by atoms with Crippen molar-refractivity contribution in [3.63, 3.8) is 0 Å². The number of hydrogen-bond donors (Lipinski definition) is 3. The van der Waals surface area contributed by atoms with E-state index >= 15 is 0 Å². The molecular formula is C39H53N7O7S. The van der Waals surface area contributed by atoms with Crippen LogP contribution in [0.5, 0.6) is 11.5 Å². The number of aromatic nitrogens is 3. The Bertz CT molecular complexity index is 2040. The first-order chi connectivity index (χ1) is 25.7. The van der Waals surface area contributed by atoms with Gasteiger partial charge in [0.15, 0.2) is 0 Å². The topological polar surface area (TPSA) is 174 Å². The number of aryl methyl sites for hydroxylation is 2. The molecule has 0 bridgehead atoms. The van der Waals surface area contributed by atoms with E-state index in [1.807, 2.05) is 48.2 Å². The summed E-state index contributed by atoms with van der Waals surface area (Å²) in [5.74, 6) is -0.0164. The molecule has 2 aliphatic carbocycles. The van der Waals surface area contributed by atoms with Crippen molar-refractivity contribution in [1.29, 1.82) is 0 Å². The van der Waals surface area contributed by atoms with E-state index in [9.17, 15) is 22.8 Å². The molecule has 3 atom stereocenters. The monoisotopic (exact) mass is 763 g/mol. The number of nitrogens with one attached hydrogen (secondary N) is 3. The number of pyridine rings is 1. The maximum Gasteiger partial charge on any atom is 0.317 e. The number of fused-ring (bicyclic) bond motifs is 2. The molecule has 0 radical (unpaired) electrons. The quantitative estimate of drug-likeness (QED) is 0.218. The van der Waals surface area contributed by atoms with Gasteiger partial charge in [-0.15, -0.1) is 0 Å². The minimum atomic E-state index is -3.94. The number of allylic oxidation sites excluding steroid dienone is 1. The van der Waals surface area contributed by atoms with Crippen LogP contribution in [0.25, 0.3) is 22.2 Å². The third kappa shape index (κ3) is 8.35. The maximum absolute atomic E-state index is 14.1. The highest BCUT2D eigenvalue weighted by Crippen LogP contribution is 2.47. The predicted molar refractivity (Wildman–Crippen MR) is 205 cm³/mol. The molecule has 0 saturated heterocycles. The van der Waals surface area contributed by atoms with Crippen LogP contribution in [0, 0.1) is 18.8 Å². The fourth-order valence-electron chi connectivity index (χ4n) is 6.73. The van der Waals surface area contributed by atoms with Gasteiger partial charge in [-0.3, -0.25) is 19.0 Å². The Kier molecular flexibility index (Phi) is 11.3. The smallest absolute Gasteiger partial charge is 0.317 e. The highest BCUT2D eigenvalue weighted by Gasteiger charge is 2.62. The molecule has 2 fully saturated rings. The molecule has 3 N–H and O–H groups in total. The Balaban J connectivity index is 1.26. The van der Waals surface area contributed by atoms with E-state index in [0.29, 0.717) is 48.0 Å². The lowest BCUT2D eigenvalue weighted by Crippen LogP contribution is -2.58. The number of rotatable bonds is 12. The number of amides is 4. The Morgan fingerprint density at radius 2 is 1.94 bits per heavy atom. The second-order valence-corrected chi connectivity index (χ2v) is 17.8. The van der Waals surface area contributed by atoms with Crippen LogP contribution in [-0.2, 0) is 26.2 Å². The fourth-order valence-corrected chi connectivity index (χ4v) is 8.05. The van der Waals surface area contributed by atoms with Crippen LogP contribution in [0.15, 0.2) is 42.7 Å². The fraction of sp³-hybridized carbons (Fsp3) is 0.564. The van der Waals surface area contributed by atoms with Crippen LogP contribution >= 0.6 is 0 Å². The maximum atomic E-state index is 14.1. The summed E-state index contributed by atoms with van der Waals surface area (Å²) in [6, 6.07) is 4.05. The van der Waals surface area contributed by atoms with Gasteiger partial charge in [-0.05, 0) is 76.8 Å². The molecular weight excluding hydrogens is 711 g/mol. The summed E-state index contributed by atoms with van der Waals surface area (Å²) in [7, 11) is -0.665. The molecule has 1 aromatic carbocycles. The van der Waals surface area contributed by atoms with Crippen molar-refractivity contribution in [1.82, 2.24) is 35.0 Å². The van der Waals surface area contributed by atoms with Gasteiger partial charge >= 0.3 is 6.03 Å². The van der Waals surface area contributed by atoms with E-state index < -0.39 is 50.1 Å². The lowest BCUT2D eigenvalue weighted by Gasteiger charge is -2.26. The molecule has 1 aliphatic heterocycles. The molecule has 3 heterocycles. The molecule has 2 aromatic heterocycles. The number of nitrogens with zero attached hydrogens (tertiary/aromatic N) is 4. The summed E-state index contributed by atoms with van der Waals surface area (Å²) in [6.07, 6.45) is 12.1. The summed E-state index contributed by atoms with van der Waals surface area (Å²) in [4.78, 5) is 47.6. The molecule has 2 saturated carbocycles. The van der Waals surface area contributed by atoms with Crippen molar-refractivity contribution in [3.05, 3.63) is 48.3 Å². The van der Waals surface area contributed by atoms with Crippen molar-refractivity contribution < 1.29 is 32.3 Å². The van der Waals surface area contributed by atoms with E-state index in [1.165, 1.54) is 4.90 Å². The van der Waals surface area contributed by atoms with Crippen molar-refractivity contribution in [2.75, 3.05) is 27.3 Å². The number of ether oxygens (including phenoxy) is 2. The standard InChI is InChI=1S/C39H53N7O7S/c1-25(2)14-19-46-24-27(23-40-46)31-21-33(29-12-13-32(52-6)26(3)34(29)41-31)53-20-15-30-35(47)43-39(36(48)44-54(50,51)38(4)16-17-38)22-28(39)11-9-7-8-10-18-45(5)37(49)42-30/h9,11-13,21,23-25,28,30H,7-8,10,14-20,22H2,1-6H3,(H,42,49)(H,43,47)(H,44,48)/t28-,30+,39-/m1/s1. The van der Waals surface area contributed by atoms with Gasteiger partial charge < -0.3 is 25.0 Å². The van der Waals surface area contributed by atoms with Gasteiger partial charge in [-0.25, -0.2) is 18.2 Å². The highest BCUT2D eigenvalue weighted by atomic mass is 32.2. The second-order valence-electron chi connectivity index (χ2n) is 15.6. The van der Waals surface area contributed by atoms with E-state index in [0.717, 1.165) is 48.7 Å². The zero-order valence-electron chi connectivity index (χ0n) is 32.1. The first kappa shape index (κ1) is 39.0. The molecule has 15 heteroatoms. The zero-order valence-corrected chi connectivity index (χ0v) is 32.9. The Hall–Kier alpha value is -4.66. The van der Waals surface area contributed by atoms with Crippen LogP contribution in [0.3, 0.4) is 0 Å². The predicted octanol–water partition coefficient (Wildman–Crippen LogP) is 4.85. The van der Waals surface area contributed by atoms with Crippen LogP contribution in [-0.4, -0.2) is 89.6 Å². The normalized spacial score (nSPS) is 22.9. The van der Waals surface area contributed by atoms with E-state index in [1.54, 1.807) is 27.3 Å². The number of hydrogen-bond acceptors (Lipinski definition) is 9. The molecule has 0 spiro atoms. The summed E-state index contributed by atoms with van der Waals surface area (Å²) in [5.41, 5.74) is 1.55. The van der Waals surface area contributed by atoms with Crippen LogP contribution in [0.1, 0.15) is 77.7 Å². The lowest BCUT2D eigenvalue weighted by atomic mass is 10.1. The molecule has 3 aliphatic rings. The minimum Gasteiger partial charge on any atom is -0.496 e. The van der Waals surface area contributed by atoms with Gasteiger partial charge in [0.25, 0.3) is 5.91 Å². The number of carbonyl (C=O) groups is 3. The Morgan fingerprint density at radius 1 is 1.17 bits per heavy atom. The van der Waals surface area contributed by atoms with Crippen molar-refractivity contribution >= 4 is 38.8 Å². The summed E-state index contributed by atoms with van der Waals surface area (Å²) in [6.45, 7) is 9.18. The summed E-state index contributed by atoms with van der Waals surface area (Å²) < 4.78 is 41.3. The second kappa shape index (κ2) is 15.6. The van der Waals surface area contributed by atoms with Gasteiger partial charge in [-0.1, -0.05) is 26.0 Å². The highest BCUT2D eigenvalue weighted by molar-refractivity contribution is 7.91. The average molecular weight is 764 g/mol. The van der Waals surface area contributed by atoms with E-state index in [-0.39, 0.29) is 19.4 Å². The first-order valence-corrected chi connectivity index (χ1v) is 20.4. The number of benzene rings is 1. The van der Waals surface area contributed by atoms with Gasteiger partial charge in [0, 0.05) is 61.3 Å². The SMILES string of the molecule is COc1ccc2c(OCC[C@@H]3NC(=O)N(C)CCCCC=C[C@@H]4C[C@@]4(C(=O)NS(=O)(=O)C4(C)CC4)NC3=O)cc(-c3cnn(CCC(C)C)c3)nc2c1C. The van der Waals surface area contributed by atoms with Crippen LogP contribution in [0.2, 0.25) is 0 Å². The number of methoxy groups -OCH3 is 1. The van der Waals surface area contributed by atoms with E-state index in [4.69, 9.17) is 14.5 Å². The Labute approximate surface area is 317 Å². The van der Waals surface area contributed by atoms with E-state index in [2.05, 4.69) is 34.3 Å². The average Bonchev–Trinajstić information content (AvgIpc) is 4.00. The molecule has 0 unspecified atom stereocenters. The molecule has 14 nitrogen and oxygen atoms in total. The minimum absolute atomic E-state index is 0.0224. The molecule has 6 rings (SSSR count). The van der Waals surface area contributed by atoms with Crippen LogP contribution < -0.4 is 24.8 Å². The van der Waals surface area contributed by atoms with Crippen molar-refractivity contribution in [3.8, 4) is 22.8 Å². The van der Waals surface area contributed by atoms with Crippen molar-refractivity contribution in [2.45, 2.75) is 102 Å². The summed E-state index contributed by atoms with van der Waals surface area (Å²) in [5, 5.41) is 11.0. The number of carbonyl (C=O) groups excluding carboxylic acids is 3. The third-order valence-electron chi connectivity index (χ3n) is 10.9. The first-order valence-electron chi connectivity index (χ1n) is 18.9. The van der Waals surface area contributed by atoms with Gasteiger partial charge in [0.1, 0.15) is 23.1 Å². The van der Waals surface area contributed by atoms with Crippen molar-refractivity contribution in [2.24, 2.45) is 11.8 Å². The molecule has 54 heavy (non-hydrogen) atoms. The molecule has 3 aromatic rings. The summed E-state index contributed by atoms with van der Waals surface area (Å²) >= 11 is 0. The van der Waals surface area contributed by atoms with Crippen LogP contribution in [0.4, 0.5) is 4.79 Å². The van der Waals surface area contributed by atoms with Gasteiger partial charge in [0.2, 0.25) is 15.9 Å². The zero-order chi connectivity index (χ0) is 38.8. The largest absolute Gasteiger partial charge is 0.496 e. The third-order valence-corrected chi connectivity index (χ3v) is 13.1. The molecule has 292 valence electrons. The number of urea groups is 1. The number of sulfonamides is 1. The van der Waals surface area contributed by atoms with Gasteiger partial charge in [-0.2, -0.15) is 5.10 Å².